The largest absolute Gasteiger partial charge is 0.317 e. The van der Waals surface area contributed by atoms with E-state index in [9.17, 15) is 14.4 Å². The van der Waals surface area contributed by atoms with Gasteiger partial charge in [0.15, 0.2) is 0 Å². The third-order valence-electron chi connectivity index (χ3n) is 3.28. The Balaban J connectivity index is 1.87. The first-order valence-corrected chi connectivity index (χ1v) is 6.87. The van der Waals surface area contributed by atoms with Gasteiger partial charge in [-0.3, -0.25) is 19.7 Å². The second-order valence-corrected chi connectivity index (χ2v) is 4.96. The van der Waals surface area contributed by atoms with Crippen molar-refractivity contribution < 1.29 is 14.4 Å². The fourth-order valence-electron chi connectivity index (χ4n) is 2.14. The van der Waals surface area contributed by atoms with Crippen LogP contribution in [0.1, 0.15) is 18.5 Å². The van der Waals surface area contributed by atoms with Crippen LogP contribution in [0.2, 0.25) is 0 Å². The van der Waals surface area contributed by atoms with Crippen molar-refractivity contribution in [1.82, 2.24) is 15.6 Å². The Labute approximate surface area is 122 Å². The third-order valence-corrected chi connectivity index (χ3v) is 3.28. The molecule has 1 aromatic rings. The third kappa shape index (κ3) is 4.35. The van der Waals surface area contributed by atoms with E-state index >= 15 is 0 Å². The monoisotopic (exact) mass is 290 g/mol. The van der Waals surface area contributed by atoms with Gasteiger partial charge in [-0.05, 0) is 45.0 Å². The van der Waals surface area contributed by atoms with Crippen molar-refractivity contribution in [3.05, 3.63) is 23.9 Å². The van der Waals surface area contributed by atoms with Gasteiger partial charge in [-0.1, -0.05) is 6.07 Å². The van der Waals surface area contributed by atoms with Crippen LogP contribution in [0, 0.1) is 12.8 Å². The summed E-state index contributed by atoms with van der Waals surface area (Å²) in [5.41, 5.74) is 0.721. The summed E-state index contributed by atoms with van der Waals surface area (Å²) in [7, 11) is 0. The Bertz CT molecular complexity index is 553. The molecule has 3 amide bonds. The second kappa shape index (κ2) is 6.94. The number of imide groups is 1. The Hall–Kier alpha value is -2.28. The van der Waals surface area contributed by atoms with Crippen LogP contribution in [0.5, 0.6) is 0 Å². The van der Waals surface area contributed by atoms with Crippen LogP contribution >= 0.6 is 0 Å². The van der Waals surface area contributed by atoms with Crippen LogP contribution in [0.15, 0.2) is 18.2 Å². The second-order valence-electron chi connectivity index (χ2n) is 4.96. The number of rotatable bonds is 2. The minimum absolute atomic E-state index is 0.222. The summed E-state index contributed by atoms with van der Waals surface area (Å²) < 4.78 is 0. The summed E-state index contributed by atoms with van der Waals surface area (Å²) in [6.45, 7) is 3.26. The van der Waals surface area contributed by atoms with Crippen molar-refractivity contribution in [2.75, 3.05) is 18.4 Å². The molecule has 0 atom stereocenters. The van der Waals surface area contributed by atoms with Gasteiger partial charge < -0.3 is 10.6 Å². The molecular weight excluding hydrogens is 272 g/mol. The first-order valence-electron chi connectivity index (χ1n) is 6.87. The number of amides is 3. The zero-order valence-corrected chi connectivity index (χ0v) is 11.8. The molecule has 0 aliphatic carbocycles. The molecule has 0 radical (unpaired) electrons. The number of pyridine rings is 1. The van der Waals surface area contributed by atoms with Crippen molar-refractivity contribution in [2.45, 2.75) is 19.8 Å². The average Bonchev–Trinajstić information content (AvgIpc) is 2.48. The maximum atomic E-state index is 11.9. The highest BCUT2D eigenvalue weighted by Crippen LogP contribution is 2.11. The summed E-state index contributed by atoms with van der Waals surface area (Å²) in [5.74, 6) is -2.18. The van der Waals surface area contributed by atoms with Gasteiger partial charge >= 0.3 is 11.8 Å². The predicted octanol–water partition coefficient (Wildman–Crippen LogP) is -0.0291. The standard InChI is InChI=1S/C14H18N4O3/c1-9-3-2-4-11(16-9)17-13(20)14(21)18-12(19)10-5-7-15-8-6-10/h2-4,10,15H,5-8H2,1H3,(H,16,17,20)(H,18,19,21). The molecule has 1 fully saturated rings. The number of hydrogen-bond acceptors (Lipinski definition) is 5. The van der Waals surface area contributed by atoms with Crippen molar-refractivity contribution in [3.63, 3.8) is 0 Å². The normalized spacial score (nSPS) is 15.3. The molecule has 0 bridgehead atoms. The van der Waals surface area contributed by atoms with Crippen molar-refractivity contribution in [2.24, 2.45) is 5.92 Å². The molecule has 1 aliphatic rings. The lowest BCUT2D eigenvalue weighted by Gasteiger charge is -2.21. The van der Waals surface area contributed by atoms with Crippen LogP contribution in [0.4, 0.5) is 5.82 Å². The van der Waals surface area contributed by atoms with E-state index in [1.54, 1.807) is 25.1 Å². The van der Waals surface area contributed by atoms with Gasteiger partial charge in [0.2, 0.25) is 5.91 Å². The molecule has 7 heteroatoms. The Morgan fingerprint density at radius 2 is 1.90 bits per heavy atom. The quantitative estimate of drug-likeness (QED) is 0.664. The number of nitrogens with one attached hydrogen (secondary N) is 3. The molecule has 7 nitrogen and oxygen atoms in total. The van der Waals surface area contributed by atoms with E-state index < -0.39 is 17.7 Å². The lowest BCUT2D eigenvalue weighted by Crippen LogP contribution is -2.44. The molecule has 1 aromatic heterocycles. The van der Waals surface area contributed by atoms with Crippen molar-refractivity contribution in [1.29, 1.82) is 0 Å². The van der Waals surface area contributed by atoms with E-state index in [1.165, 1.54) is 0 Å². The number of carbonyl (C=O) groups is 3. The maximum Gasteiger partial charge on any atom is 0.316 e. The van der Waals surface area contributed by atoms with Gasteiger partial charge in [0, 0.05) is 11.6 Å². The average molecular weight is 290 g/mol. The van der Waals surface area contributed by atoms with Crippen LogP contribution in [0.25, 0.3) is 0 Å². The van der Waals surface area contributed by atoms with E-state index in [0.29, 0.717) is 12.8 Å². The van der Waals surface area contributed by atoms with Crippen LogP contribution in [0.3, 0.4) is 0 Å². The van der Waals surface area contributed by atoms with E-state index in [-0.39, 0.29) is 11.7 Å². The lowest BCUT2D eigenvalue weighted by molar-refractivity contribution is -0.141. The zero-order chi connectivity index (χ0) is 15.2. The van der Waals surface area contributed by atoms with Crippen molar-refractivity contribution in [3.8, 4) is 0 Å². The molecule has 1 aliphatic heterocycles. The summed E-state index contributed by atoms with van der Waals surface area (Å²) in [4.78, 5) is 39.3. The van der Waals surface area contributed by atoms with Gasteiger partial charge in [-0.25, -0.2) is 4.98 Å². The van der Waals surface area contributed by atoms with Crippen LogP contribution in [-0.4, -0.2) is 35.8 Å². The van der Waals surface area contributed by atoms with E-state index in [1.807, 2.05) is 0 Å². The summed E-state index contributed by atoms with van der Waals surface area (Å²) in [5, 5.41) is 7.63. The van der Waals surface area contributed by atoms with Gasteiger partial charge in [0.05, 0.1) is 0 Å². The number of piperidine rings is 1. The highest BCUT2D eigenvalue weighted by atomic mass is 16.2. The van der Waals surface area contributed by atoms with Crippen LogP contribution in [-0.2, 0) is 14.4 Å². The molecule has 0 saturated carbocycles. The number of aryl methyl sites for hydroxylation is 1. The Kier molecular flexibility index (Phi) is 4.99. The molecule has 112 valence electrons. The Morgan fingerprint density at radius 1 is 1.19 bits per heavy atom. The predicted molar refractivity (Wildman–Crippen MR) is 76.3 cm³/mol. The van der Waals surface area contributed by atoms with Gasteiger partial charge in [0.1, 0.15) is 5.82 Å². The highest BCUT2D eigenvalue weighted by molar-refractivity contribution is 6.41. The minimum atomic E-state index is -0.957. The van der Waals surface area contributed by atoms with E-state index in [4.69, 9.17) is 0 Å². The summed E-state index contributed by atoms with van der Waals surface area (Å²) in [6.07, 6.45) is 1.33. The number of anilines is 1. The number of carbonyl (C=O) groups excluding carboxylic acids is 3. The summed E-state index contributed by atoms with van der Waals surface area (Å²) >= 11 is 0. The van der Waals surface area contributed by atoms with Gasteiger partial charge in [-0.2, -0.15) is 0 Å². The smallest absolute Gasteiger partial charge is 0.316 e. The van der Waals surface area contributed by atoms with Gasteiger partial charge in [-0.15, -0.1) is 0 Å². The highest BCUT2D eigenvalue weighted by Gasteiger charge is 2.25. The molecule has 0 spiro atoms. The van der Waals surface area contributed by atoms with E-state index in [2.05, 4.69) is 20.9 Å². The topological polar surface area (TPSA) is 100 Å². The molecule has 21 heavy (non-hydrogen) atoms. The Morgan fingerprint density at radius 3 is 2.57 bits per heavy atom. The minimum Gasteiger partial charge on any atom is -0.317 e. The first-order chi connectivity index (χ1) is 10.1. The molecule has 3 N–H and O–H groups in total. The molecular formula is C14H18N4O3. The number of hydrogen-bond donors (Lipinski definition) is 3. The van der Waals surface area contributed by atoms with E-state index in [0.717, 1.165) is 18.8 Å². The van der Waals surface area contributed by atoms with Gasteiger partial charge in [0.25, 0.3) is 0 Å². The fourth-order valence-corrected chi connectivity index (χ4v) is 2.14. The molecule has 2 rings (SSSR count). The number of nitrogens with zero attached hydrogens (tertiary/aromatic N) is 1. The number of aromatic nitrogens is 1. The van der Waals surface area contributed by atoms with Crippen LogP contribution < -0.4 is 16.0 Å². The lowest BCUT2D eigenvalue weighted by atomic mass is 9.97. The first kappa shape index (κ1) is 15.1. The maximum absolute atomic E-state index is 11.9. The molecule has 2 heterocycles. The zero-order valence-electron chi connectivity index (χ0n) is 11.8. The van der Waals surface area contributed by atoms with Crippen molar-refractivity contribution >= 4 is 23.5 Å². The SMILES string of the molecule is Cc1cccc(NC(=O)C(=O)NC(=O)C2CCNCC2)n1. The molecule has 1 saturated heterocycles. The molecule has 0 unspecified atom stereocenters. The fraction of sp³-hybridized carbons (Fsp3) is 0.429. The molecule has 0 aromatic carbocycles. The summed E-state index contributed by atoms with van der Waals surface area (Å²) in [6, 6.07) is 5.07.